The van der Waals surface area contributed by atoms with Gasteiger partial charge in [-0.3, -0.25) is 9.59 Å². The molecule has 0 bridgehead atoms. The molecule has 188 valence electrons. The highest BCUT2D eigenvalue weighted by molar-refractivity contribution is 7.17. The van der Waals surface area contributed by atoms with Crippen molar-refractivity contribution in [1.29, 1.82) is 0 Å². The van der Waals surface area contributed by atoms with Gasteiger partial charge in [0, 0.05) is 11.0 Å². The first-order chi connectivity index (χ1) is 16.9. The number of aryl methyl sites for hydroxylation is 1. The molecule has 1 aromatic heterocycles. The second-order valence-corrected chi connectivity index (χ2v) is 9.02. The molecule has 2 aromatic rings. The van der Waals surface area contributed by atoms with Crippen molar-refractivity contribution in [1.82, 2.24) is 0 Å². The lowest BCUT2D eigenvalue weighted by Gasteiger charge is -2.12. The number of anilines is 1. The third-order valence-electron chi connectivity index (χ3n) is 5.59. The van der Waals surface area contributed by atoms with Crippen molar-refractivity contribution >= 4 is 40.3 Å². The van der Waals surface area contributed by atoms with Crippen molar-refractivity contribution in [2.24, 2.45) is 0 Å². The van der Waals surface area contributed by atoms with Crippen molar-refractivity contribution in [3.8, 4) is 11.5 Å². The van der Waals surface area contributed by atoms with Crippen molar-refractivity contribution in [3.63, 3.8) is 0 Å². The van der Waals surface area contributed by atoms with E-state index in [-0.39, 0.29) is 5.56 Å². The van der Waals surface area contributed by atoms with E-state index in [2.05, 4.69) is 12.2 Å². The highest BCUT2D eigenvalue weighted by Gasteiger charge is 2.38. The topological polar surface area (TPSA) is 100 Å². The molecule has 0 aliphatic heterocycles. The largest absolute Gasteiger partial charge is 0.490 e. The first-order valence-corrected chi connectivity index (χ1v) is 12.4. The number of amides is 1. The summed E-state index contributed by atoms with van der Waals surface area (Å²) in [4.78, 5) is 38.3. The predicted octanol–water partition coefficient (Wildman–Crippen LogP) is 4.97. The van der Waals surface area contributed by atoms with E-state index in [1.165, 1.54) is 31.6 Å². The molecule has 9 heteroatoms. The van der Waals surface area contributed by atoms with Gasteiger partial charge in [0.05, 0.1) is 38.9 Å². The quantitative estimate of drug-likeness (QED) is 0.264. The number of methoxy groups -OCH3 is 2. The predicted molar refractivity (Wildman–Crippen MR) is 134 cm³/mol. The number of hydrogen-bond donors (Lipinski definition) is 1. The van der Waals surface area contributed by atoms with E-state index in [1.54, 1.807) is 6.08 Å². The second kappa shape index (κ2) is 12.4. The summed E-state index contributed by atoms with van der Waals surface area (Å²) in [5.74, 6) is -0.683. The molecule has 0 radical (unpaired) electrons. The maximum Gasteiger partial charge on any atom is 0.341 e. The van der Waals surface area contributed by atoms with Crippen LogP contribution in [0.3, 0.4) is 0 Å². The number of hydrogen-bond acceptors (Lipinski definition) is 8. The molecule has 1 atom stereocenters. The maximum atomic E-state index is 12.7. The van der Waals surface area contributed by atoms with E-state index in [1.807, 2.05) is 25.1 Å². The molecule has 1 aliphatic carbocycles. The molecule has 0 saturated heterocycles. The van der Waals surface area contributed by atoms with Gasteiger partial charge >= 0.3 is 11.9 Å². The zero-order chi connectivity index (χ0) is 25.4. The van der Waals surface area contributed by atoms with Crippen molar-refractivity contribution in [3.05, 3.63) is 45.8 Å². The third kappa shape index (κ3) is 6.22. The van der Waals surface area contributed by atoms with Crippen LogP contribution in [0, 0.1) is 0 Å². The van der Waals surface area contributed by atoms with Gasteiger partial charge in [-0.2, -0.15) is 0 Å². The molecule has 1 N–H and O–H groups in total. The average Bonchev–Trinajstić information content (AvgIpc) is 3.42. The van der Waals surface area contributed by atoms with Crippen LogP contribution in [-0.4, -0.2) is 45.3 Å². The molecule has 1 aromatic carbocycles. The summed E-state index contributed by atoms with van der Waals surface area (Å²) in [6, 6.07) is 5.48. The molecule has 1 heterocycles. The van der Waals surface area contributed by atoms with Crippen LogP contribution in [0.5, 0.6) is 11.5 Å². The van der Waals surface area contributed by atoms with E-state index < -0.39 is 23.8 Å². The SMILES string of the molecule is CCCCOc1ccc(/C=C/C(=O)Nc2sc3c(c2C(=O)OC)C(C(=O)OC)CC3)cc1OCC. The van der Waals surface area contributed by atoms with Gasteiger partial charge in [0.2, 0.25) is 5.91 Å². The van der Waals surface area contributed by atoms with E-state index in [4.69, 9.17) is 18.9 Å². The lowest BCUT2D eigenvalue weighted by atomic mass is 9.99. The summed E-state index contributed by atoms with van der Waals surface area (Å²) in [6.07, 6.45) is 6.21. The minimum absolute atomic E-state index is 0.217. The zero-order valence-corrected chi connectivity index (χ0v) is 21.3. The Morgan fingerprint density at radius 1 is 1.11 bits per heavy atom. The van der Waals surface area contributed by atoms with Crippen LogP contribution in [0.15, 0.2) is 24.3 Å². The third-order valence-corrected chi connectivity index (χ3v) is 6.77. The van der Waals surface area contributed by atoms with Gasteiger partial charge < -0.3 is 24.3 Å². The van der Waals surface area contributed by atoms with Gasteiger partial charge in [-0.15, -0.1) is 11.3 Å². The normalized spacial score (nSPS) is 14.5. The van der Waals surface area contributed by atoms with Crippen molar-refractivity contribution in [2.45, 2.75) is 45.4 Å². The van der Waals surface area contributed by atoms with Gasteiger partial charge in [-0.05, 0) is 55.5 Å². The lowest BCUT2D eigenvalue weighted by Crippen LogP contribution is -2.16. The van der Waals surface area contributed by atoms with Crippen LogP contribution in [0.1, 0.15) is 65.4 Å². The molecule has 1 amide bonds. The van der Waals surface area contributed by atoms with E-state index in [0.717, 1.165) is 23.3 Å². The minimum Gasteiger partial charge on any atom is -0.490 e. The number of thiophene rings is 1. The van der Waals surface area contributed by atoms with Crippen LogP contribution in [0.25, 0.3) is 6.08 Å². The van der Waals surface area contributed by atoms with Crippen LogP contribution >= 0.6 is 11.3 Å². The molecule has 3 rings (SSSR count). The Kier molecular flexibility index (Phi) is 9.31. The summed E-state index contributed by atoms with van der Waals surface area (Å²) in [6.45, 7) is 5.09. The zero-order valence-electron chi connectivity index (χ0n) is 20.5. The lowest BCUT2D eigenvalue weighted by molar-refractivity contribution is -0.142. The number of benzene rings is 1. The second-order valence-electron chi connectivity index (χ2n) is 7.91. The highest BCUT2D eigenvalue weighted by atomic mass is 32.1. The Hall–Kier alpha value is -3.33. The first kappa shape index (κ1) is 26.3. The summed E-state index contributed by atoms with van der Waals surface area (Å²) in [7, 11) is 2.59. The van der Waals surface area contributed by atoms with E-state index in [9.17, 15) is 14.4 Å². The maximum absolute atomic E-state index is 12.7. The molecule has 0 fully saturated rings. The van der Waals surface area contributed by atoms with Crippen LogP contribution in [-0.2, 0) is 25.5 Å². The summed E-state index contributed by atoms with van der Waals surface area (Å²) < 4.78 is 21.3. The Morgan fingerprint density at radius 2 is 1.91 bits per heavy atom. The molecule has 1 aliphatic rings. The number of carbonyl (C=O) groups excluding carboxylic acids is 3. The summed E-state index contributed by atoms with van der Waals surface area (Å²) in [5, 5.41) is 3.13. The van der Waals surface area contributed by atoms with Gasteiger partial charge in [-0.1, -0.05) is 19.4 Å². The number of ether oxygens (including phenoxy) is 4. The minimum atomic E-state index is -0.599. The van der Waals surface area contributed by atoms with Crippen molar-refractivity contribution < 1.29 is 33.3 Å². The molecular weight excluding hydrogens is 470 g/mol. The Bertz CT molecular complexity index is 1110. The summed E-state index contributed by atoms with van der Waals surface area (Å²) >= 11 is 1.28. The molecule has 35 heavy (non-hydrogen) atoms. The number of fused-ring (bicyclic) bond motifs is 1. The number of rotatable bonds is 11. The average molecular weight is 502 g/mol. The first-order valence-electron chi connectivity index (χ1n) is 11.6. The van der Waals surface area contributed by atoms with Gasteiger partial charge in [0.25, 0.3) is 0 Å². The van der Waals surface area contributed by atoms with E-state index >= 15 is 0 Å². The van der Waals surface area contributed by atoms with E-state index in [0.29, 0.717) is 48.1 Å². The number of carbonyl (C=O) groups is 3. The molecular formula is C26H31NO7S. The van der Waals surface area contributed by atoms with Crippen LogP contribution in [0.2, 0.25) is 0 Å². The molecule has 0 spiro atoms. The fourth-order valence-electron chi connectivity index (χ4n) is 3.90. The van der Waals surface area contributed by atoms with Crippen molar-refractivity contribution in [2.75, 3.05) is 32.8 Å². The van der Waals surface area contributed by atoms with Crippen LogP contribution < -0.4 is 14.8 Å². The number of unbranched alkanes of at least 4 members (excludes halogenated alkanes) is 1. The Balaban J connectivity index is 1.78. The molecule has 1 unspecified atom stereocenters. The molecule has 0 saturated carbocycles. The smallest absolute Gasteiger partial charge is 0.341 e. The fourth-order valence-corrected chi connectivity index (χ4v) is 5.17. The van der Waals surface area contributed by atoms with Gasteiger partial charge in [0.1, 0.15) is 5.00 Å². The van der Waals surface area contributed by atoms with Crippen LogP contribution in [0.4, 0.5) is 5.00 Å². The standard InChI is InChI=1S/C26H31NO7S/c1-5-7-14-34-18-11-8-16(15-19(18)33-6-2)9-13-21(28)27-24-23(26(30)32-4)22-17(25(29)31-3)10-12-20(22)35-24/h8-9,11,13,15,17H,5-7,10,12,14H2,1-4H3,(H,27,28)/b13-9+. The Morgan fingerprint density at radius 3 is 2.60 bits per heavy atom. The molecule has 8 nitrogen and oxygen atoms in total. The monoisotopic (exact) mass is 501 g/mol. The fraction of sp³-hybridized carbons (Fsp3) is 0.423. The Labute approximate surface area is 209 Å². The summed E-state index contributed by atoms with van der Waals surface area (Å²) in [5.41, 5.74) is 1.57. The number of esters is 2. The van der Waals surface area contributed by atoms with Gasteiger partial charge in [-0.25, -0.2) is 4.79 Å². The number of nitrogens with one attached hydrogen (secondary N) is 1. The van der Waals surface area contributed by atoms with Gasteiger partial charge in [0.15, 0.2) is 11.5 Å². The highest BCUT2D eigenvalue weighted by Crippen LogP contribution is 2.45.